The van der Waals surface area contributed by atoms with E-state index in [4.69, 9.17) is 25.2 Å². The lowest BCUT2D eigenvalue weighted by atomic mass is 10.2. The molecule has 0 spiro atoms. The van der Waals surface area contributed by atoms with Crippen molar-refractivity contribution in [1.29, 1.82) is 0 Å². The number of rotatable bonds is 11. The molecule has 20 nitrogen and oxygen atoms in total. The molecule has 1 saturated heterocycles. The van der Waals surface area contributed by atoms with Crippen LogP contribution in [0.3, 0.4) is 0 Å². The highest BCUT2D eigenvalue weighted by Crippen LogP contribution is 2.66. The van der Waals surface area contributed by atoms with E-state index in [1.54, 1.807) is 0 Å². The summed E-state index contributed by atoms with van der Waals surface area (Å²) in [6.07, 6.45) is -3.82. The first-order valence-corrected chi connectivity index (χ1v) is 15.5. The largest absolute Gasteiger partial charge is 0.490 e. The van der Waals surface area contributed by atoms with Crippen molar-refractivity contribution in [3.8, 4) is 0 Å². The fraction of sp³-hybridized carbons (Fsp3) is 0.733. The maximum Gasteiger partial charge on any atom is 0.490 e. The van der Waals surface area contributed by atoms with Crippen molar-refractivity contribution in [3.63, 3.8) is 0 Å². The van der Waals surface area contributed by atoms with Crippen molar-refractivity contribution in [1.82, 2.24) is 29.9 Å². The molecule has 0 saturated carbocycles. The maximum atomic E-state index is 11.8. The number of hydrogen-bond donors (Lipinski definition) is 7. The first-order chi connectivity index (χ1) is 17.5. The number of nitrogens with one attached hydrogen (secondary N) is 1. The summed E-state index contributed by atoms with van der Waals surface area (Å²) in [4.78, 5) is 55.8. The quantitative estimate of drug-likeness (QED) is 0.157. The molecule has 3 rings (SSSR count). The van der Waals surface area contributed by atoms with E-state index < -0.39 is 54.1 Å². The molecule has 38 heavy (non-hydrogen) atoms. The number of aromatic nitrogens is 5. The first kappa shape index (κ1) is 32.6. The topological polar surface area (TPSA) is 295 Å². The van der Waals surface area contributed by atoms with E-state index in [2.05, 4.69) is 59.1 Å². The highest BCUT2D eigenvalue weighted by Gasteiger charge is 2.43. The average Bonchev–Trinajstić information content (AvgIpc) is 3.34. The lowest BCUT2D eigenvalue weighted by Gasteiger charge is -2.19. The number of fused-ring (bicyclic) bond motifs is 1. The molecule has 8 N–H and O–H groups in total. The zero-order valence-electron chi connectivity index (χ0n) is 20.4. The Balaban J connectivity index is 0.000000638. The molecule has 0 bridgehead atoms. The van der Waals surface area contributed by atoms with Crippen LogP contribution in [0, 0.1) is 0 Å². The SMILES string of the molecule is CCN(CC)CC.Nc1nc2c(nnn2[C@H]2C[C@H](O)[C@@H](COP(=O)(O)OP(=O)(O)OP(=O)(O)O)O2)c(=O)[nH]1. The molecule has 5 atom stereocenters. The van der Waals surface area contributed by atoms with Crippen LogP contribution in [0.4, 0.5) is 5.95 Å². The van der Waals surface area contributed by atoms with Gasteiger partial charge in [-0.05, 0) is 19.6 Å². The molecule has 3 heterocycles. The summed E-state index contributed by atoms with van der Waals surface area (Å²) in [7, 11) is -16.6. The molecule has 2 aromatic rings. The van der Waals surface area contributed by atoms with Crippen molar-refractivity contribution in [3.05, 3.63) is 10.4 Å². The standard InChI is InChI=1S/C9H15N6O13P3.C6H15N/c10-9-11-7-6(8(17)12-9)13-14-15(7)5-1-3(16)4(26-5)2-25-30(21,22)28-31(23,24)27-29(18,19)20;1-4-7(5-2)6-3/h3-5,16H,1-2H2,(H,21,22)(H,23,24)(H2,18,19,20)(H3,10,11,12,17);4-6H2,1-3H3/t3-,4+,5+;/m0./s1. The summed E-state index contributed by atoms with van der Waals surface area (Å²) in [6.45, 7) is 9.25. The van der Waals surface area contributed by atoms with Crippen molar-refractivity contribution in [2.24, 2.45) is 0 Å². The van der Waals surface area contributed by atoms with Crippen molar-refractivity contribution in [2.45, 2.75) is 45.6 Å². The third-order valence-electron chi connectivity index (χ3n) is 4.99. The van der Waals surface area contributed by atoms with Gasteiger partial charge in [0.1, 0.15) is 6.10 Å². The second-order valence-electron chi connectivity index (χ2n) is 7.60. The number of ether oxygens (including phenoxy) is 1. The second-order valence-corrected chi connectivity index (χ2v) is 12.0. The minimum atomic E-state index is -5.68. The molecule has 0 aliphatic carbocycles. The van der Waals surface area contributed by atoms with Gasteiger partial charge in [0, 0.05) is 6.42 Å². The number of nitrogens with two attached hydrogens (primary N) is 1. The Morgan fingerprint density at radius 2 is 1.71 bits per heavy atom. The van der Waals surface area contributed by atoms with Crippen LogP contribution in [0.1, 0.15) is 33.4 Å². The van der Waals surface area contributed by atoms with Gasteiger partial charge in [0.05, 0.1) is 12.7 Å². The molecule has 1 aliphatic rings. The number of hydrogen-bond acceptors (Lipinski definition) is 14. The molecule has 0 amide bonds. The molecule has 23 heteroatoms. The van der Waals surface area contributed by atoms with Gasteiger partial charge in [0.2, 0.25) is 5.95 Å². The van der Waals surface area contributed by atoms with Crippen LogP contribution in [-0.4, -0.2) is 93.0 Å². The number of H-pyrrole nitrogens is 1. The number of aromatic amines is 1. The lowest BCUT2D eigenvalue weighted by Crippen LogP contribution is -2.26. The Bertz CT molecular complexity index is 1270. The number of anilines is 1. The smallest absolute Gasteiger partial charge is 0.390 e. The Morgan fingerprint density at radius 1 is 1.11 bits per heavy atom. The molecule has 2 unspecified atom stereocenters. The Kier molecular flexibility index (Phi) is 11.3. The van der Waals surface area contributed by atoms with Gasteiger partial charge < -0.3 is 40.1 Å². The minimum absolute atomic E-state index is 0.0630. The monoisotopic (exact) mass is 609 g/mol. The molecule has 2 aromatic heterocycles. The van der Waals surface area contributed by atoms with E-state index in [9.17, 15) is 28.5 Å². The van der Waals surface area contributed by atoms with Gasteiger partial charge in [-0.2, -0.15) is 18.3 Å². The van der Waals surface area contributed by atoms with Gasteiger partial charge >= 0.3 is 23.5 Å². The number of aliphatic hydroxyl groups excluding tert-OH is 1. The number of phosphoric acid groups is 3. The van der Waals surface area contributed by atoms with Crippen molar-refractivity contribution >= 4 is 40.6 Å². The predicted octanol–water partition coefficient (Wildman–Crippen LogP) is -0.563. The third kappa shape index (κ3) is 9.53. The molecule has 1 fully saturated rings. The summed E-state index contributed by atoms with van der Waals surface area (Å²) >= 11 is 0. The summed E-state index contributed by atoms with van der Waals surface area (Å²) in [6, 6.07) is 0. The lowest BCUT2D eigenvalue weighted by molar-refractivity contribution is -0.0466. The Labute approximate surface area is 215 Å². The van der Waals surface area contributed by atoms with E-state index >= 15 is 0 Å². The fourth-order valence-electron chi connectivity index (χ4n) is 3.21. The third-order valence-corrected chi connectivity index (χ3v) is 8.79. The highest BCUT2D eigenvalue weighted by molar-refractivity contribution is 7.66. The molecular formula is C15H30N7O13P3. The van der Waals surface area contributed by atoms with Crippen LogP contribution in [0.15, 0.2) is 4.79 Å². The van der Waals surface area contributed by atoms with Crippen LogP contribution in [0.5, 0.6) is 0 Å². The van der Waals surface area contributed by atoms with E-state index in [-0.39, 0.29) is 23.5 Å². The van der Waals surface area contributed by atoms with Crippen LogP contribution in [0.2, 0.25) is 0 Å². The van der Waals surface area contributed by atoms with Crippen LogP contribution >= 0.6 is 23.5 Å². The summed E-state index contributed by atoms with van der Waals surface area (Å²) in [5.74, 6) is -0.233. The molecule has 0 aromatic carbocycles. The van der Waals surface area contributed by atoms with E-state index in [0.29, 0.717) is 0 Å². The van der Waals surface area contributed by atoms with Gasteiger partial charge in [-0.25, -0.2) is 13.7 Å². The molecule has 1 aliphatic heterocycles. The number of nitrogens with zero attached hydrogens (tertiary/aromatic N) is 5. The van der Waals surface area contributed by atoms with Crippen LogP contribution < -0.4 is 11.3 Å². The fourth-order valence-corrected chi connectivity index (χ4v) is 6.24. The highest BCUT2D eigenvalue weighted by atomic mass is 31.3. The van der Waals surface area contributed by atoms with Gasteiger partial charge in [0.25, 0.3) is 5.56 Å². The summed E-state index contributed by atoms with van der Waals surface area (Å²) in [5, 5.41) is 17.4. The predicted molar refractivity (Wildman–Crippen MR) is 128 cm³/mol. The van der Waals surface area contributed by atoms with Gasteiger partial charge in [-0.15, -0.1) is 5.10 Å². The van der Waals surface area contributed by atoms with Gasteiger partial charge in [0.15, 0.2) is 17.4 Å². The molecule has 0 radical (unpaired) electrons. The second kappa shape index (κ2) is 13.1. The zero-order valence-corrected chi connectivity index (χ0v) is 23.1. The first-order valence-electron chi connectivity index (χ1n) is 11.0. The minimum Gasteiger partial charge on any atom is -0.390 e. The van der Waals surface area contributed by atoms with E-state index in [1.165, 1.54) is 19.6 Å². The number of nitrogen functional groups attached to an aromatic ring is 1. The molecule has 218 valence electrons. The Hall–Kier alpha value is -1.63. The van der Waals surface area contributed by atoms with Crippen LogP contribution in [-0.2, 0) is 31.6 Å². The summed E-state index contributed by atoms with van der Waals surface area (Å²) in [5.41, 5.74) is 4.57. The molecular weight excluding hydrogens is 579 g/mol. The zero-order chi connectivity index (χ0) is 28.9. The average molecular weight is 609 g/mol. The summed E-state index contributed by atoms with van der Waals surface area (Å²) < 4.78 is 51.7. The van der Waals surface area contributed by atoms with E-state index in [1.807, 2.05) is 0 Å². The normalized spacial score (nSPS) is 23.1. The van der Waals surface area contributed by atoms with Gasteiger partial charge in [-0.1, -0.05) is 26.0 Å². The maximum absolute atomic E-state index is 11.8. The van der Waals surface area contributed by atoms with E-state index in [0.717, 1.165) is 4.68 Å². The Morgan fingerprint density at radius 3 is 2.24 bits per heavy atom. The number of aliphatic hydroxyl groups is 1. The van der Waals surface area contributed by atoms with Crippen molar-refractivity contribution < 1.29 is 56.3 Å². The number of phosphoric ester groups is 1. The van der Waals surface area contributed by atoms with Crippen molar-refractivity contribution in [2.75, 3.05) is 32.0 Å². The van der Waals surface area contributed by atoms with Gasteiger partial charge in [-0.3, -0.25) is 14.3 Å². The van der Waals surface area contributed by atoms with Crippen LogP contribution in [0.25, 0.3) is 11.2 Å².